The van der Waals surface area contributed by atoms with Gasteiger partial charge >= 0.3 is 0 Å². The van der Waals surface area contributed by atoms with Gasteiger partial charge in [0.1, 0.15) is 17.8 Å². The van der Waals surface area contributed by atoms with Crippen LogP contribution in [0.4, 0.5) is 15.8 Å². The molecule has 0 amide bonds. The Morgan fingerprint density at radius 1 is 1.18 bits per heavy atom. The van der Waals surface area contributed by atoms with Crippen LogP contribution in [0, 0.1) is 46.4 Å². The van der Waals surface area contributed by atoms with Crippen LogP contribution in [-0.4, -0.2) is 31.5 Å². The van der Waals surface area contributed by atoms with Gasteiger partial charge in [0.2, 0.25) is 5.95 Å². The third-order valence-corrected chi connectivity index (χ3v) is 7.90. The van der Waals surface area contributed by atoms with E-state index in [9.17, 15) is 14.9 Å². The van der Waals surface area contributed by atoms with Gasteiger partial charge in [0.05, 0.1) is 40.6 Å². The smallest absolute Gasteiger partial charge is 0.213 e. The van der Waals surface area contributed by atoms with Gasteiger partial charge < -0.3 is 10.6 Å². The van der Waals surface area contributed by atoms with Crippen molar-refractivity contribution < 1.29 is 4.39 Å². The van der Waals surface area contributed by atoms with Crippen LogP contribution in [0.3, 0.4) is 0 Å². The van der Waals surface area contributed by atoms with Gasteiger partial charge in [0.15, 0.2) is 0 Å². The van der Waals surface area contributed by atoms with Crippen LogP contribution >= 0.6 is 0 Å². The topological polar surface area (TPSA) is 128 Å². The number of nitriles is 2. The lowest BCUT2D eigenvalue weighted by molar-refractivity contribution is 0.443. The molecule has 2 aliphatic carbocycles. The minimum absolute atomic E-state index is 0.0408. The fraction of sp³-hybridized carbons (Fsp3) is 0.400. The maximum absolute atomic E-state index is 14.0. The van der Waals surface area contributed by atoms with Crippen LogP contribution in [0.5, 0.6) is 0 Å². The Hall–Kier alpha value is -4.57. The van der Waals surface area contributed by atoms with Gasteiger partial charge in [0, 0.05) is 35.1 Å². The molecule has 1 aromatic carbocycles. The summed E-state index contributed by atoms with van der Waals surface area (Å²) >= 11 is 0. The maximum Gasteiger partial charge on any atom is 0.213 e. The zero-order valence-corrected chi connectivity index (χ0v) is 23.0. The molecule has 1 spiro atoms. The molecule has 0 saturated heterocycles. The van der Waals surface area contributed by atoms with Gasteiger partial charge in [-0.15, -0.1) is 5.10 Å². The van der Waals surface area contributed by atoms with Gasteiger partial charge in [-0.3, -0.25) is 4.98 Å². The van der Waals surface area contributed by atoms with Crippen LogP contribution in [0.25, 0.3) is 10.9 Å². The summed E-state index contributed by atoms with van der Waals surface area (Å²) in [4.78, 5) is 8.49. The summed E-state index contributed by atoms with van der Waals surface area (Å²) in [5, 5.41) is 36.4. The van der Waals surface area contributed by atoms with E-state index in [2.05, 4.69) is 63.8 Å². The van der Waals surface area contributed by atoms with Crippen LogP contribution in [0.1, 0.15) is 80.2 Å². The van der Waals surface area contributed by atoms with Crippen molar-refractivity contribution in [3.05, 3.63) is 70.7 Å². The number of aromatic nitrogens is 5. The van der Waals surface area contributed by atoms with Gasteiger partial charge in [-0.1, -0.05) is 32.1 Å². The number of pyridine rings is 2. The molecule has 2 aliphatic rings. The Balaban J connectivity index is 1.44. The van der Waals surface area contributed by atoms with Gasteiger partial charge in [-0.2, -0.15) is 14.9 Å². The van der Waals surface area contributed by atoms with Crippen molar-refractivity contribution in [2.75, 3.05) is 17.2 Å². The molecular weight excluding hydrogens is 505 g/mol. The molecule has 2 unspecified atom stereocenters. The SMILES string of the molecule is Cc1nc(F)ccc1C(Nc1cc(C#N)c2ncc(C#N)c(NCC(C)(C)C)c2c1)c1cn(C2CC23CC3)nn1. The summed E-state index contributed by atoms with van der Waals surface area (Å²) in [7, 11) is 0. The Bertz CT molecular complexity index is 1720. The van der Waals surface area contributed by atoms with Crippen molar-refractivity contribution >= 4 is 22.3 Å². The van der Waals surface area contributed by atoms with Crippen molar-refractivity contribution in [1.82, 2.24) is 25.0 Å². The fourth-order valence-corrected chi connectivity index (χ4v) is 5.40. The molecule has 6 rings (SSSR count). The van der Waals surface area contributed by atoms with E-state index in [4.69, 9.17) is 0 Å². The average Bonchev–Trinajstić information content (AvgIpc) is 3.80. The molecule has 10 heteroatoms. The Morgan fingerprint density at radius 2 is 1.95 bits per heavy atom. The van der Waals surface area contributed by atoms with E-state index in [0.29, 0.717) is 62.8 Å². The second-order valence-corrected chi connectivity index (χ2v) is 12.2. The predicted octanol–water partition coefficient (Wildman–Crippen LogP) is 5.80. The molecule has 0 bridgehead atoms. The van der Waals surface area contributed by atoms with Crippen LogP contribution in [0.15, 0.2) is 36.7 Å². The number of nitrogens with one attached hydrogen (secondary N) is 2. The highest BCUT2D eigenvalue weighted by Crippen LogP contribution is 2.72. The number of nitrogens with zero attached hydrogens (tertiary/aromatic N) is 7. The van der Waals surface area contributed by atoms with E-state index >= 15 is 0 Å². The lowest BCUT2D eigenvalue weighted by Gasteiger charge is -2.22. The minimum Gasteiger partial charge on any atom is -0.383 e. The van der Waals surface area contributed by atoms with Gasteiger partial charge in [0.25, 0.3) is 0 Å². The summed E-state index contributed by atoms with van der Waals surface area (Å²) in [6, 6.07) is 11.0. The van der Waals surface area contributed by atoms with Crippen molar-refractivity contribution in [1.29, 1.82) is 10.5 Å². The van der Waals surface area contributed by atoms with E-state index in [-0.39, 0.29) is 5.41 Å². The number of hydrogen-bond acceptors (Lipinski definition) is 8. The minimum atomic E-state index is -0.556. The van der Waals surface area contributed by atoms with E-state index in [1.54, 1.807) is 19.1 Å². The zero-order valence-electron chi connectivity index (χ0n) is 23.0. The summed E-state index contributed by atoms with van der Waals surface area (Å²) in [6.45, 7) is 8.69. The number of aryl methyl sites for hydroxylation is 1. The summed E-state index contributed by atoms with van der Waals surface area (Å²) in [5.74, 6) is -0.556. The number of anilines is 2. The van der Waals surface area contributed by atoms with Crippen molar-refractivity contribution in [3.63, 3.8) is 0 Å². The van der Waals surface area contributed by atoms with Crippen molar-refractivity contribution in [3.8, 4) is 12.1 Å². The molecule has 202 valence electrons. The predicted molar refractivity (Wildman–Crippen MR) is 149 cm³/mol. The van der Waals surface area contributed by atoms with E-state index in [0.717, 1.165) is 12.0 Å². The van der Waals surface area contributed by atoms with E-state index in [1.165, 1.54) is 25.1 Å². The molecule has 2 atom stereocenters. The first-order valence-electron chi connectivity index (χ1n) is 13.4. The van der Waals surface area contributed by atoms with Crippen LogP contribution in [-0.2, 0) is 0 Å². The summed E-state index contributed by atoms with van der Waals surface area (Å²) in [5.41, 5.74) is 4.86. The highest BCUT2D eigenvalue weighted by molar-refractivity contribution is 5.99. The highest BCUT2D eigenvalue weighted by atomic mass is 19.1. The second kappa shape index (κ2) is 9.27. The monoisotopic (exact) mass is 535 g/mol. The quantitative estimate of drug-likeness (QED) is 0.284. The zero-order chi connectivity index (χ0) is 28.2. The van der Waals surface area contributed by atoms with E-state index < -0.39 is 12.0 Å². The molecule has 4 aromatic rings. The Labute approximate surface area is 232 Å². The molecular formula is C30H30FN9. The van der Waals surface area contributed by atoms with Crippen LogP contribution < -0.4 is 10.6 Å². The molecule has 40 heavy (non-hydrogen) atoms. The standard InChI is InChI=1S/C30H30FN9/c1-17-21(5-6-25(31)36-17)28(23-15-40(39-38-23)24-11-30(24)7-8-30)37-20-9-18(12-32)26-22(10-20)27(19(13-33)14-34-26)35-16-29(2,3)4/h5-6,9-10,14-15,24,28,37H,7-8,11,16H2,1-4H3,(H,34,35). The van der Waals surface area contributed by atoms with Crippen LogP contribution in [0.2, 0.25) is 0 Å². The average molecular weight is 536 g/mol. The lowest BCUT2D eigenvalue weighted by Crippen LogP contribution is -2.20. The Morgan fingerprint density at radius 3 is 2.60 bits per heavy atom. The van der Waals surface area contributed by atoms with Gasteiger partial charge in [-0.05, 0) is 55.2 Å². The fourth-order valence-electron chi connectivity index (χ4n) is 5.40. The van der Waals surface area contributed by atoms with Crippen molar-refractivity contribution in [2.45, 2.75) is 59.0 Å². The largest absolute Gasteiger partial charge is 0.383 e. The molecule has 3 aromatic heterocycles. The second-order valence-electron chi connectivity index (χ2n) is 12.2. The normalized spacial score (nSPS) is 17.7. The summed E-state index contributed by atoms with van der Waals surface area (Å²) < 4.78 is 15.9. The third kappa shape index (κ3) is 4.71. The maximum atomic E-state index is 14.0. The third-order valence-electron chi connectivity index (χ3n) is 7.90. The molecule has 3 heterocycles. The first kappa shape index (κ1) is 25.7. The number of benzene rings is 1. The molecule has 2 N–H and O–H groups in total. The molecule has 9 nitrogen and oxygen atoms in total. The molecule has 0 aliphatic heterocycles. The summed E-state index contributed by atoms with van der Waals surface area (Å²) in [6.07, 6.45) is 7.04. The molecule has 2 saturated carbocycles. The molecule has 0 radical (unpaired) electrons. The van der Waals surface area contributed by atoms with Crippen molar-refractivity contribution in [2.24, 2.45) is 10.8 Å². The number of rotatable bonds is 7. The van der Waals surface area contributed by atoms with E-state index in [1.807, 2.05) is 16.9 Å². The number of fused-ring (bicyclic) bond motifs is 1. The van der Waals surface area contributed by atoms with Gasteiger partial charge in [-0.25, -0.2) is 9.67 Å². The first-order chi connectivity index (χ1) is 19.1. The lowest BCUT2D eigenvalue weighted by atomic mass is 9.96. The first-order valence-corrected chi connectivity index (χ1v) is 13.4. The number of hydrogen-bond donors (Lipinski definition) is 2. The molecule has 2 fully saturated rings. The highest BCUT2D eigenvalue weighted by Gasteiger charge is 2.64. The number of halogens is 1. The Kier molecular flexibility index (Phi) is 5.95.